The molecule has 16 heteroatoms. The highest BCUT2D eigenvalue weighted by molar-refractivity contribution is 7.54. The Morgan fingerprint density at radius 1 is 0.763 bits per heavy atom. The Labute approximate surface area is 236 Å². The molecule has 10 nitrogen and oxygen atoms in total. The van der Waals surface area contributed by atoms with Crippen molar-refractivity contribution in [1.82, 2.24) is 9.55 Å². The number of benzene rings is 2. The zero-order chi connectivity index (χ0) is 28.0. The molecule has 0 atom stereocenters. The van der Waals surface area contributed by atoms with E-state index in [0.717, 1.165) is 22.8 Å². The second kappa shape index (κ2) is 11.1. The standard InChI is InChI=1S/C22H14Cl4N2O8P2/c23-12-7-13(19(31)10-3-1-8(37(33)34)5-14(10)29)28(22(12)26)18-16(24)21(25)27-17(18)20(32)11-4-2-9(38(35)36)6-15(11)30/h1-7,27,29-30,33-36H. The van der Waals surface area contributed by atoms with Gasteiger partial charge in [-0.1, -0.05) is 46.4 Å². The summed E-state index contributed by atoms with van der Waals surface area (Å²) < 4.78 is 1.04. The molecule has 0 radical (unpaired) electrons. The number of halogens is 4. The van der Waals surface area contributed by atoms with Gasteiger partial charge < -0.3 is 34.8 Å². The molecule has 0 spiro atoms. The second-order valence-corrected chi connectivity index (χ2v) is 11.3. The van der Waals surface area contributed by atoms with Crippen LogP contribution in [0.1, 0.15) is 32.1 Å². The van der Waals surface area contributed by atoms with Gasteiger partial charge in [0.25, 0.3) is 0 Å². The molecule has 0 saturated carbocycles. The number of phenolic OH excluding ortho intramolecular Hbond substituents is 2. The Bertz CT molecular complexity index is 1480. The zero-order valence-electron chi connectivity index (χ0n) is 18.4. The molecule has 0 aliphatic rings. The summed E-state index contributed by atoms with van der Waals surface area (Å²) in [6.45, 7) is 0. The van der Waals surface area contributed by atoms with Crippen LogP contribution in [0.25, 0.3) is 5.69 Å². The number of carbonyl (C=O) groups excluding carboxylic acids is 2. The van der Waals surface area contributed by atoms with Crippen molar-refractivity contribution in [1.29, 1.82) is 0 Å². The first-order chi connectivity index (χ1) is 17.8. The van der Waals surface area contributed by atoms with Crippen LogP contribution >= 0.6 is 63.2 Å². The lowest BCUT2D eigenvalue weighted by atomic mass is 10.1. The predicted molar refractivity (Wildman–Crippen MR) is 145 cm³/mol. The van der Waals surface area contributed by atoms with Crippen molar-refractivity contribution in [2.24, 2.45) is 0 Å². The van der Waals surface area contributed by atoms with Gasteiger partial charge >= 0.3 is 0 Å². The van der Waals surface area contributed by atoms with Crippen LogP contribution in [0.4, 0.5) is 0 Å². The minimum absolute atomic E-state index is 0.00497. The minimum Gasteiger partial charge on any atom is -0.507 e. The lowest BCUT2D eigenvalue weighted by molar-refractivity contribution is 0.101. The number of ketones is 2. The Hall–Kier alpha value is -2.20. The average Bonchev–Trinajstić information content (AvgIpc) is 3.32. The second-order valence-electron chi connectivity index (χ2n) is 7.62. The van der Waals surface area contributed by atoms with E-state index in [0.29, 0.717) is 0 Å². The largest absolute Gasteiger partial charge is 0.507 e. The van der Waals surface area contributed by atoms with Gasteiger partial charge in [-0.2, -0.15) is 0 Å². The third-order valence-electron chi connectivity index (χ3n) is 5.37. The van der Waals surface area contributed by atoms with Gasteiger partial charge in [-0.3, -0.25) is 14.2 Å². The van der Waals surface area contributed by atoms with Crippen LogP contribution in [0.15, 0.2) is 42.5 Å². The molecule has 198 valence electrons. The van der Waals surface area contributed by atoms with Gasteiger partial charge in [0.15, 0.2) is 16.8 Å². The number of hydrogen-bond acceptors (Lipinski definition) is 8. The molecule has 0 aliphatic heterocycles. The summed E-state index contributed by atoms with van der Waals surface area (Å²) in [6, 6.07) is 8.00. The Morgan fingerprint density at radius 2 is 1.26 bits per heavy atom. The molecule has 0 saturated heterocycles. The molecule has 4 aromatic rings. The Morgan fingerprint density at radius 3 is 1.74 bits per heavy atom. The summed E-state index contributed by atoms with van der Waals surface area (Å²) in [5, 5.41) is 19.9. The molecule has 0 aliphatic carbocycles. The maximum atomic E-state index is 13.5. The summed E-state index contributed by atoms with van der Waals surface area (Å²) in [5.74, 6) is -2.79. The van der Waals surface area contributed by atoms with E-state index in [1.165, 1.54) is 24.3 Å². The fourth-order valence-corrected chi connectivity index (χ4v) is 5.32. The van der Waals surface area contributed by atoms with Crippen molar-refractivity contribution in [2.75, 3.05) is 0 Å². The number of nitrogens with one attached hydrogen (secondary N) is 1. The number of carbonyl (C=O) groups is 2. The quantitative estimate of drug-likeness (QED) is 0.117. The summed E-state index contributed by atoms with van der Waals surface area (Å²) >= 11 is 25.2. The number of aromatic nitrogens is 2. The van der Waals surface area contributed by atoms with E-state index in [2.05, 4.69) is 4.98 Å². The minimum atomic E-state index is -2.53. The topological polar surface area (TPSA) is 176 Å². The van der Waals surface area contributed by atoms with E-state index < -0.39 is 39.8 Å². The number of hydrogen-bond donors (Lipinski definition) is 7. The SMILES string of the molecule is O=C(c1ccc(P(O)O)cc1O)c1[nH]c(Cl)c(Cl)c1-n1c(C(=O)c2ccc(P(O)O)cc2O)cc(Cl)c1Cl. The van der Waals surface area contributed by atoms with E-state index in [1.807, 2.05) is 0 Å². The Balaban J connectivity index is 1.89. The number of aromatic amines is 1. The first-order valence-corrected chi connectivity index (χ1v) is 14.1. The summed E-state index contributed by atoms with van der Waals surface area (Å²) in [7, 11) is -5.05. The number of rotatable bonds is 7. The van der Waals surface area contributed by atoms with Crippen LogP contribution in [-0.4, -0.2) is 50.9 Å². The first-order valence-electron chi connectivity index (χ1n) is 10.1. The molecule has 2 heterocycles. The third-order valence-corrected chi connectivity index (χ3v) is 8.35. The highest BCUT2D eigenvalue weighted by Gasteiger charge is 2.31. The highest BCUT2D eigenvalue weighted by Crippen LogP contribution is 2.40. The van der Waals surface area contributed by atoms with Crippen LogP contribution in [0.5, 0.6) is 11.5 Å². The van der Waals surface area contributed by atoms with Crippen LogP contribution in [-0.2, 0) is 0 Å². The van der Waals surface area contributed by atoms with E-state index in [9.17, 15) is 39.4 Å². The monoisotopic (exact) mass is 636 g/mol. The van der Waals surface area contributed by atoms with Gasteiger partial charge in [-0.25, -0.2) is 0 Å². The molecular weight excluding hydrogens is 624 g/mol. The number of nitrogens with zero attached hydrogens (tertiary/aromatic N) is 1. The predicted octanol–water partition coefficient (Wildman–Crippen LogP) is 4.14. The molecule has 0 fully saturated rings. The average molecular weight is 638 g/mol. The summed E-state index contributed by atoms with van der Waals surface area (Å²) in [6.07, 6.45) is 0. The van der Waals surface area contributed by atoms with Crippen molar-refractivity contribution in [2.45, 2.75) is 0 Å². The summed E-state index contributed by atoms with van der Waals surface area (Å²) in [4.78, 5) is 67.0. The van der Waals surface area contributed by atoms with Crippen LogP contribution < -0.4 is 10.6 Å². The van der Waals surface area contributed by atoms with Gasteiger partial charge in [0.2, 0.25) is 11.6 Å². The van der Waals surface area contributed by atoms with E-state index in [-0.39, 0.29) is 59.2 Å². The van der Waals surface area contributed by atoms with Crippen LogP contribution in [0, 0.1) is 0 Å². The van der Waals surface area contributed by atoms with Crippen molar-refractivity contribution >= 4 is 85.3 Å². The van der Waals surface area contributed by atoms with E-state index >= 15 is 0 Å². The fraction of sp³-hybridized carbons (Fsp3) is 0. The summed E-state index contributed by atoms with van der Waals surface area (Å²) in [5.41, 5.74) is -1.24. The smallest absolute Gasteiger partial charge is 0.215 e. The van der Waals surface area contributed by atoms with Crippen LogP contribution in [0.2, 0.25) is 20.4 Å². The van der Waals surface area contributed by atoms with Gasteiger partial charge in [0.1, 0.15) is 32.5 Å². The van der Waals surface area contributed by atoms with Crippen molar-refractivity contribution in [3.63, 3.8) is 0 Å². The molecule has 2 aromatic heterocycles. The van der Waals surface area contributed by atoms with Crippen molar-refractivity contribution in [3.05, 3.63) is 85.3 Å². The van der Waals surface area contributed by atoms with Gasteiger partial charge in [-0.05, 0) is 42.5 Å². The molecular formula is C22H14Cl4N2O8P2. The third kappa shape index (κ3) is 5.18. The van der Waals surface area contributed by atoms with Crippen molar-refractivity contribution < 1.29 is 39.4 Å². The molecule has 2 aromatic carbocycles. The normalized spacial score (nSPS) is 11.5. The maximum absolute atomic E-state index is 13.5. The highest BCUT2D eigenvalue weighted by atomic mass is 35.5. The Kier molecular flexibility index (Phi) is 8.43. The number of H-pyrrole nitrogens is 1. The fourth-order valence-electron chi connectivity index (χ4n) is 3.60. The lowest BCUT2D eigenvalue weighted by Crippen LogP contribution is -2.14. The maximum Gasteiger partial charge on any atom is 0.215 e. The molecule has 0 amide bonds. The van der Waals surface area contributed by atoms with Gasteiger partial charge in [0.05, 0.1) is 27.5 Å². The molecule has 0 bridgehead atoms. The van der Waals surface area contributed by atoms with E-state index in [4.69, 9.17) is 46.4 Å². The molecule has 4 rings (SSSR count). The number of aromatic hydroxyl groups is 2. The number of phenols is 2. The molecule has 0 unspecified atom stereocenters. The van der Waals surface area contributed by atoms with Crippen LogP contribution in [0.3, 0.4) is 0 Å². The van der Waals surface area contributed by atoms with E-state index in [1.54, 1.807) is 0 Å². The van der Waals surface area contributed by atoms with Gasteiger partial charge in [-0.15, -0.1) is 0 Å². The lowest BCUT2D eigenvalue weighted by Gasteiger charge is -2.13. The van der Waals surface area contributed by atoms with Gasteiger partial charge in [0, 0.05) is 10.6 Å². The van der Waals surface area contributed by atoms with Crippen molar-refractivity contribution in [3.8, 4) is 17.2 Å². The molecule has 7 N–H and O–H groups in total. The molecule has 38 heavy (non-hydrogen) atoms. The first kappa shape index (κ1) is 28.8. The zero-order valence-corrected chi connectivity index (χ0v) is 23.2.